The molecule has 2 saturated carbocycles. The quantitative estimate of drug-likeness (QED) is 0.161. The molecular weight excluding hydrogens is 586 g/mol. The molecule has 0 amide bonds. The number of fused-ring (bicyclic) bond motifs is 3. The molecule has 15 heteroatoms. The van der Waals surface area contributed by atoms with E-state index in [0.29, 0.717) is 23.5 Å². The standard InChI is InChI=1S/C30H41N7O8/c1-35(2)16-10-17(37(5)12-14-8-9-33-34-14)21(38)18-15(16)11-28(31)13-29(32)24(36(3)4)23(44-6)19(27(42)45-7)25(40)30(29,43)26(41)20(28)22(18)39/h8-10,19,23-24,38-39,43H,11-13,31-32H2,1-7H3,(H,33,34)/t19?,23?,24-,28-,29-,30-/m1/s1. The second kappa shape index (κ2) is 10.8. The number of aliphatic hydroxyl groups is 2. The first kappa shape index (κ1) is 32.4. The van der Waals surface area contributed by atoms with Crippen molar-refractivity contribution in [3.05, 3.63) is 40.7 Å². The summed E-state index contributed by atoms with van der Waals surface area (Å²) in [4.78, 5) is 46.7. The number of ketones is 2. The number of hydrogen-bond donors (Lipinski definition) is 6. The molecule has 0 saturated heterocycles. The zero-order valence-electron chi connectivity index (χ0n) is 26.4. The lowest BCUT2D eigenvalue weighted by Gasteiger charge is -2.62. The van der Waals surface area contributed by atoms with Crippen molar-refractivity contribution in [1.29, 1.82) is 0 Å². The van der Waals surface area contributed by atoms with Crippen LogP contribution in [0.15, 0.2) is 23.9 Å². The molecule has 2 aromatic rings. The average molecular weight is 628 g/mol. The van der Waals surface area contributed by atoms with E-state index in [9.17, 15) is 29.7 Å². The number of Topliss-reactive ketones (excluding diaryl/α,β-unsaturated/α-hetero) is 2. The highest BCUT2D eigenvalue weighted by Gasteiger charge is 2.76. The predicted molar refractivity (Wildman–Crippen MR) is 164 cm³/mol. The van der Waals surface area contributed by atoms with Gasteiger partial charge in [0.1, 0.15) is 17.4 Å². The zero-order chi connectivity index (χ0) is 33.4. The molecule has 1 heterocycles. The Bertz CT molecular complexity index is 1590. The number of nitrogens with one attached hydrogen (secondary N) is 1. The maximum absolute atomic E-state index is 14.6. The number of ether oxygens (including phenoxy) is 2. The van der Waals surface area contributed by atoms with Crippen molar-refractivity contribution in [2.24, 2.45) is 17.4 Å². The van der Waals surface area contributed by atoms with E-state index in [2.05, 4.69) is 10.2 Å². The summed E-state index contributed by atoms with van der Waals surface area (Å²) in [5.74, 6) is -6.21. The first-order chi connectivity index (χ1) is 21.0. The number of aromatic hydroxyl groups is 1. The number of phenols is 1. The molecule has 0 aliphatic heterocycles. The second-order valence-electron chi connectivity index (χ2n) is 12.7. The summed E-state index contributed by atoms with van der Waals surface area (Å²) in [6, 6.07) is 2.45. The fourth-order valence-corrected chi connectivity index (χ4v) is 7.71. The number of likely N-dealkylation sites (N-methyl/N-ethyl adjacent to an activating group) is 1. The summed E-state index contributed by atoms with van der Waals surface area (Å²) in [5.41, 5.74) is 8.85. The Hall–Kier alpha value is -4.02. The third kappa shape index (κ3) is 4.36. The summed E-state index contributed by atoms with van der Waals surface area (Å²) in [7, 11) is 10.9. The van der Waals surface area contributed by atoms with Crippen molar-refractivity contribution >= 4 is 34.7 Å². The minimum Gasteiger partial charge on any atom is -0.507 e. The van der Waals surface area contributed by atoms with Gasteiger partial charge in [0.2, 0.25) is 11.4 Å². The number of aromatic nitrogens is 2. The molecule has 1 aromatic heterocycles. The molecule has 6 atom stereocenters. The third-order valence-electron chi connectivity index (χ3n) is 9.61. The van der Waals surface area contributed by atoms with Crippen LogP contribution in [0.25, 0.3) is 5.76 Å². The molecule has 1 aromatic carbocycles. The van der Waals surface area contributed by atoms with Crippen LogP contribution in [-0.4, -0.2) is 126 Å². The monoisotopic (exact) mass is 627 g/mol. The summed E-state index contributed by atoms with van der Waals surface area (Å²) in [6.45, 7) is 0.321. The lowest BCUT2D eigenvalue weighted by atomic mass is 9.49. The summed E-state index contributed by atoms with van der Waals surface area (Å²) in [5, 5.41) is 42.6. The number of esters is 1. The Kier molecular flexibility index (Phi) is 7.77. The first-order valence-electron chi connectivity index (χ1n) is 14.4. The first-order valence-corrected chi connectivity index (χ1v) is 14.4. The normalized spacial score (nSPS) is 31.0. The van der Waals surface area contributed by atoms with Gasteiger partial charge < -0.3 is 51.0 Å². The summed E-state index contributed by atoms with van der Waals surface area (Å²) >= 11 is 0. The van der Waals surface area contributed by atoms with Crippen LogP contribution in [0.2, 0.25) is 0 Å². The molecule has 0 bridgehead atoms. The van der Waals surface area contributed by atoms with Crippen molar-refractivity contribution in [2.45, 2.75) is 48.2 Å². The number of nitrogens with two attached hydrogens (primary N) is 2. The minimum absolute atomic E-state index is 0.0584. The van der Waals surface area contributed by atoms with Crippen LogP contribution in [-0.2, 0) is 36.8 Å². The number of carbonyl (C=O) groups is 3. The topological polar surface area (TPSA) is 221 Å². The van der Waals surface area contributed by atoms with Crippen LogP contribution < -0.4 is 21.3 Å². The molecule has 0 spiro atoms. The maximum Gasteiger partial charge on any atom is 0.319 e. The van der Waals surface area contributed by atoms with Gasteiger partial charge in [0, 0.05) is 40.1 Å². The van der Waals surface area contributed by atoms with Gasteiger partial charge in [0.15, 0.2) is 5.78 Å². The van der Waals surface area contributed by atoms with Crippen LogP contribution in [0.1, 0.15) is 23.2 Å². The highest BCUT2D eigenvalue weighted by Crippen LogP contribution is 2.56. The smallest absolute Gasteiger partial charge is 0.319 e. The molecule has 15 nitrogen and oxygen atoms in total. The Labute approximate surface area is 260 Å². The van der Waals surface area contributed by atoms with Gasteiger partial charge in [-0.1, -0.05) is 0 Å². The van der Waals surface area contributed by atoms with E-state index in [1.165, 1.54) is 7.11 Å². The van der Waals surface area contributed by atoms with E-state index in [4.69, 9.17) is 20.9 Å². The van der Waals surface area contributed by atoms with Gasteiger partial charge in [-0.15, -0.1) is 0 Å². The van der Waals surface area contributed by atoms with Crippen LogP contribution in [0, 0.1) is 5.92 Å². The average Bonchev–Trinajstić information content (AvgIpc) is 3.46. The van der Waals surface area contributed by atoms with Crippen molar-refractivity contribution in [3.8, 4) is 5.75 Å². The Morgan fingerprint density at radius 3 is 2.33 bits per heavy atom. The van der Waals surface area contributed by atoms with Crippen molar-refractivity contribution in [3.63, 3.8) is 0 Å². The zero-order valence-corrected chi connectivity index (χ0v) is 26.4. The molecule has 2 unspecified atom stereocenters. The van der Waals surface area contributed by atoms with Gasteiger partial charge in [0.25, 0.3) is 0 Å². The molecule has 5 rings (SSSR count). The van der Waals surface area contributed by atoms with E-state index < -0.39 is 63.6 Å². The number of hydrogen-bond acceptors (Lipinski definition) is 14. The number of aliphatic hydroxyl groups excluding tert-OH is 1. The van der Waals surface area contributed by atoms with Gasteiger partial charge in [-0.2, -0.15) is 5.10 Å². The van der Waals surface area contributed by atoms with Crippen LogP contribution in [0.4, 0.5) is 11.4 Å². The van der Waals surface area contributed by atoms with E-state index in [-0.39, 0.29) is 24.2 Å². The minimum atomic E-state index is -3.01. The number of anilines is 2. The lowest BCUT2D eigenvalue weighted by Crippen LogP contribution is -2.88. The number of benzene rings is 1. The number of nitrogens with zero attached hydrogens (tertiary/aromatic N) is 4. The number of rotatable bonds is 7. The SMILES string of the molecule is COC(=O)C1C(=O)[C@@]2(O)C(=O)C3=C(O)c4c(O)c(N(C)Cc5ccn[nH]5)cc(N(C)C)c4C[C@@]3(N)C[C@@]2(N)[C@H](N(C)C)C1OC. The van der Waals surface area contributed by atoms with Crippen LogP contribution in [0.5, 0.6) is 5.75 Å². The Morgan fingerprint density at radius 1 is 1.13 bits per heavy atom. The number of carbonyl (C=O) groups excluding carboxylic acids is 3. The summed E-state index contributed by atoms with van der Waals surface area (Å²) < 4.78 is 10.5. The molecule has 2 fully saturated rings. The highest BCUT2D eigenvalue weighted by molar-refractivity contribution is 6.26. The fourth-order valence-electron chi connectivity index (χ4n) is 7.71. The molecule has 45 heavy (non-hydrogen) atoms. The van der Waals surface area contributed by atoms with E-state index >= 15 is 0 Å². The maximum atomic E-state index is 14.6. The lowest BCUT2D eigenvalue weighted by molar-refractivity contribution is -0.196. The molecular formula is C30H41N7O8. The van der Waals surface area contributed by atoms with Gasteiger partial charge >= 0.3 is 5.97 Å². The van der Waals surface area contributed by atoms with E-state index in [0.717, 1.165) is 12.8 Å². The van der Waals surface area contributed by atoms with Gasteiger partial charge in [-0.05, 0) is 44.6 Å². The van der Waals surface area contributed by atoms with Gasteiger partial charge in [0.05, 0.1) is 59.4 Å². The van der Waals surface area contributed by atoms with Crippen LogP contribution in [0.3, 0.4) is 0 Å². The van der Waals surface area contributed by atoms with Crippen molar-refractivity contribution in [1.82, 2.24) is 15.1 Å². The van der Waals surface area contributed by atoms with Gasteiger partial charge in [-0.25, -0.2) is 0 Å². The number of phenolic OH excluding ortho intramolecular Hbond substituents is 1. The molecule has 0 radical (unpaired) electrons. The van der Waals surface area contributed by atoms with Gasteiger partial charge in [-0.3, -0.25) is 19.5 Å². The molecule has 8 N–H and O–H groups in total. The molecule has 3 aliphatic carbocycles. The number of aromatic amines is 1. The van der Waals surface area contributed by atoms with E-state index in [1.54, 1.807) is 68.3 Å². The Balaban J connectivity index is 1.76. The fraction of sp³-hybridized carbons (Fsp3) is 0.533. The van der Waals surface area contributed by atoms with Crippen LogP contribution >= 0.6 is 0 Å². The number of H-pyrrole nitrogens is 1. The summed E-state index contributed by atoms with van der Waals surface area (Å²) in [6.07, 6.45) is -0.0489. The third-order valence-corrected chi connectivity index (χ3v) is 9.61. The Morgan fingerprint density at radius 2 is 1.80 bits per heavy atom. The second-order valence-corrected chi connectivity index (χ2v) is 12.7. The molecule has 3 aliphatic rings. The van der Waals surface area contributed by atoms with Crippen molar-refractivity contribution in [2.75, 3.05) is 59.3 Å². The highest BCUT2D eigenvalue weighted by atomic mass is 16.5. The van der Waals surface area contributed by atoms with E-state index in [1.807, 2.05) is 0 Å². The molecule has 244 valence electrons. The number of methoxy groups -OCH3 is 2. The van der Waals surface area contributed by atoms with Crippen molar-refractivity contribution < 1.29 is 39.2 Å². The predicted octanol–water partition coefficient (Wildman–Crippen LogP) is -0.941. The largest absolute Gasteiger partial charge is 0.507 e.